The van der Waals surface area contributed by atoms with Gasteiger partial charge in [0.2, 0.25) is 11.8 Å². The number of nitrogens with two attached hydrogens (primary N) is 1. The smallest absolute Gasteiger partial charge is 0.226 e. The van der Waals surface area contributed by atoms with Crippen molar-refractivity contribution in [2.45, 2.75) is 13.3 Å². The highest BCUT2D eigenvalue weighted by molar-refractivity contribution is 5.41. The summed E-state index contributed by atoms with van der Waals surface area (Å²) >= 11 is 0. The van der Waals surface area contributed by atoms with Crippen molar-refractivity contribution in [1.82, 2.24) is 9.97 Å². The molecular formula is C15H20N4O2. The van der Waals surface area contributed by atoms with Crippen molar-refractivity contribution >= 4 is 11.6 Å². The predicted molar refractivity (Wildman–Crippen MR) is 82.7 cm³/mol. The molecule has 0 bridgehead atoms. The highest BCUT2D eigenvalue weighted by Crippen LogP contribution is 2.13. The van der Waals surface area contributed by atoms with Gasteiger partial charge in [-0.1, -0.05) is 6.92 Å². The van der Waals surface area contributed by atoms with Gasteiger partial charge in [-0.05, 0) is 30.7 Å². The summed E-state index contributed by atoms with van der Waals surface area (Å²) in [5.41, 5.74) is 6.33. The van der Waals surface area contributed by atoms with E-state index in [0.717, 1.165) is 17.9 Å². The van der Waals surface area contributed by atoms with Gasteiger partial charge >= 0.3 is 0 Å². The van der Waals surface area contributed by atoms with Crippen molar-refractivity contribution in [3.63, 3.8) is 0 Å². The van der Waals surface area contributed by atoms with Crippen LogP contribution in [0.5, 0.6) is 11.6 Å². The molecule has 0 fully saturated rings. The largest absolute Gasteiger partial charge is 0.492 e. The Bertz CT molecular complexity index is 546. The molecule has 21 heavy (non-hydrogen) atoms. The van der Waals surface area contributed by atoms with Gasteiger partial charge in [0.05, 0.1) is 13.2 Å². The Morgan fingerprint density at radius 1 is 1.10 bits per heavy atom. The first-order valence-corrected chi connectivity index (χ1v) is 6.96. The van der Waals surface area contributed by atoms with Gasteiger partial charge in [-0.2, -0.15) is 4.98 Å². The second kappa shape index (κ2) is 7.94. The quantitative estimate of drug-likeness (QED) is 0.573. The molecule has 112 valence electrons. The summed E-state index contributed by atoms with van der Waals surface area (Å²) in [6.45, 7) is 3.81. The highest BCUT2D eigenvalue weighted by atomic mass is 16.5. The molecule has 0 saturated carbocycles. The average Bonchev–Trinajstić information content (AvgIpc) is 2.52. The van der Waals surface area contributed by atoms with E-state index in [1.807, 2.05) is 12.1 Å². The molecule has 2 aromatic rings. The first-order chi connectivity index (χ1) is 10.3. The van der Waals surface area contributed by atoms with E-state index < -0.39 is 0 Å². The minimum Gasteiger partial charge on any atom is -0.492 e. The van der Waals surface area contributed by atoms with Crippen molar-refractivity contribution in [1.29, 1.82) is 0 Å². The zero-order valence-electron chi connectivity index (χ0n) is 12.1. The fourth-order valence-electron chi connectivity index (χ4n) is 1.61. The number of nitrogens with zero attached hydrogens (tertiary/aromatic N) is 2. The molecule has 6 nitrogen and oxygen atoms in total. The van der Waals surface area contributed by atoms with Crippen molar-refractivity contribution in [2.24, 2.45) is 0 Å². The molecule has 1 aromatic heterocycles. The third-order valence-corrected chi connectivity index (χ3v) is 2.62. The number of aromatic nitrogens is 2. The van der Waals surface area contributed by atoms with Crippen molar-refractivity contribution in [2.75, 3.05) is 30.8 Å². The van der Waals surface area contributed by atoms with E-state index >= 15 is 0 Å². The summed E-state index contributed by atoms with van der Waals surface area (Å²) in [6, 6.07) is 9.03. The van der Waals surface area contributed by atoms with Crippen LogP contribution in [-0.2, 0) is 0 Å². The third kappa shape index (κ3) is 5.18. The Morgan fingerprint density at radius 2 is 1.90 bits per heavy atom. The lowest BCUT2D eigenvalue weighted by atomic mass is 10.3. The van der Waals surface area contributed by atoms with E-state index in [9.17, 15) is 0 Å². The van der Waals surface area contributed by atoms with Crippen LogP contribution in [0.25, 0.3) is 0 Å². The number of nitrogens with one attached hydrogen (secondary N) is 1. The first kappa shape index (κ1) is 14.9. The normalized spacial score (nSPS) is 10.1. The van der Waals surface area contributed by atoms with Crippen molar-refractivity contribution < 1.29 is 9.47 Å². The van der Waals surface area contributed by atoms with Crippen LogP contribution in [-0.4, -0.2) is 29.7 Å². The van der Waals surface area contributed by atoms with Crippen LogP contribution in [0.1, 0.15) is 13.3 Å². The summed E-state index contributed by atoms with van der Waals surface area (Å²) in [4.78, 5) is 8.38. The summed E-state index contributed by atoms with van der Waals surface area (Å²) in [5, 5.41) is 3.09. The Hall–Kier alpha value is -2.50. The second-order valence-electron chi connectivity index (χ2n) is 4.41. The number of nitrogen functional groups attached to an aromatic ring is 1. The van der Waals surface area contributed by atoms with Gasteiger partial charge in [-0.3, -0.25) is 0 Å². The molecule has 0 aliphatic rings. The Labute approximate surface area is 124 Å². The number of hydrogen-bond donors (Lipinski definition) is 2. The summed E-state index contributed by atoms with van der Waals surface area (Å²) < 4.78 is 11.0. The Kier molecular flexibility index (Phi) is 5.63. The van der Waals surface area contributed by atoms with Gasteiger partial charge in [0.15, 0.2) is 0 Å². The Balaban J connectivity index is 1.74. The summed E-state index contributed by atoms with van der Waals surface area (Å²) in [6.07, 6.45) is 2.61. The number of ether oxygens (including phenoxy) is 2. The van der Waals surface area contributed by atoms with Gasteiger partial charge in [0.25, 0.3) is 0 Å². The molecule has 6 heteroatoms. The van der Waals surface area contributed by atoms with E-state index in [4.69, 9.17) is 15.2 Å². The minimum absolute atomic E-state index is 0.507. The molecule has 0 radical (unpaired) electrons. The Morgan fingerprint density at radius 3 is 2.67 bits per heavy atom. The van der Waals surface area contributed by atoms with E-state index in [-0.39, 0.29) is 0 Å². The van der Waals surface area contributed by atoms with Crippen molar-refractivity contribution in [3.05, 3.63) is 36.5 Å². The fraction of sp³-hybridized carbons (Fsp3) is 0.333. The lowest BCUT2D eigenvalue weighted by Gasteiger charge is -2.09. The lowest BCUT2D eigenvalue weighted by Crippen LogP contribution is -2.13. The third-order valence-electron chi connectivity index (χ3n) is 2.62. The van der Waals surface area contributed by atoms with E-state index in [2.05, 4.69) is 22.2 Å². The van der Waals surface area contributed by atoms with E-state index in [1.54, 1.807) is 24.4 Å². The monoisotopic (exact) mass is 288 g/mol. The number of benzene rings is 1. The highest BCUT2D eigenvalue weighted by Gasteiger charge is 2.00. The summed E-state index contributed by atoms with van der Waals surface area (Å²) in [7, 11) is 0. The molecule has 1 heterocycles. The first-order valence-electron chi connectivity index (χ1n) is 6.96. The molecular weight excluding hydrogens is 268 g/mol. The molecule has 0 unspecified atom stereocenters. The molecule has 3 N–H and O–H groups in total. The molecule has 0 saturated heterocycles. The van der Waals surface area contributed by atoms with Gasteiger partial charge in [0, 0.05) is 18.0 Å². The molecule has 0 amide bonds. The topological polar surface area (TPSA) is 82.3 Å². The molecule has 0 atom stereocenters. The number of hydrogen-bond acceptors (Lipinski definition) is 6. The zero-order chi connectivity index (χ0) is 14.9. The van der Waals surface area contributed by atoms with Crippen LogP contribution in [0.2, 0.25) is 0 Å². The van der Waals surface area contributed by atoms with Crippen molar-refractivity contribution in [3.8, 4) is 11.6 Å². The van der Waals surface area contributed by atoms with Gasteiger partial charge < -0.3 is 20.5 Å². The van der Waals surface area contributed by atoms with E-state index in [0.29, 0.717) is 31.6 Å². The maximum atomic E-state index is 5.61. The van der Waals surface area contributed by atoms with Gasteiger partial charge in [0.1, 0.15) is 12.4 Å². The van der Waals surface area contributed by atoms with Crippen LogP contribution < -0.4 is 20.5 Å². The van der Waals surface area contributed by atoms with Gasteiger partial charge in [-0.15, -0.1) is 0 Å². The number of rotatable bonds is 8. The SMILES string of the molecule is CCCOc1ccnc(NCCOc2ccc(N)cc2)n1. The predicted octanol–water partition coefficient (Wildman–Crippen LogP) is 2.34. The zero-order valence-corrected chi connectivity index (χ0v) is 12.1. The summed E-state index contributed by atoms with van der Waals surface area (Å²) in [5.74, 6) is 1.89. The maximum Gasteiger partial charge on any atom is 0.226 e. The van der Waals surface area contributed by atoms with Crippen LogP contribution >= 0.6 is 0 Å². The molecule has 1 aromatic carbocycles. The average molecular weight is 288 g/mol. The number of anilines is 2. The van der Waals surface area contributed by atoms with Crippen LogP contribution in [0.15, 0.2) is 36.5 Å². The standard InChI is InChI=1S/C15H20N4O2/c1-2-10-21-14-7-8-17-15(19-14)18-9-11-20-13-5-3-12(16)4-6-13/h3-8H,2,9-11,16H2,1H3,(H,17,18,19). The van der Waals surface area contributed by atoms with Crippen LogP contribution in [0.3, 0.4) is 0 Å². The lowest BCUT2D eigenvalue weighted by molar-refractivity contribution is 0.305. The molecule has 0 aliphatic carbocycles. The fourth-order valence-corrected chi connectivity index (χ4v) is 1.61. The van der Waals surface area contributed by atoms with Gasteiger partial charge in [-0.25, -0.2) is 4.98 Å². The van der Waals surface area contributed by atoms with Crippen LogP contribution in [0.4, 0.5) is 11.6 Å². The minimum atomic E-state index is 0.507. The second-order valence-corrected chi connectivity index (χ2v) is 4.41. The molecule has 0 spiro atoms. The van der Waals surface area contributed by atoms with Crippen LogP contribution in [0, 0.1) is 0 Å². The maximum absolute atomic E-state index is 5.61. The molecule has 0 aliphatic heterocycles. The van der Waals surface area contributed by atoms with E-state index in [1.165, 1.54) is 0 Å². The molecule has 2 rings (SSSR count).